The molecule has 0 aliphatic heterocycles. The van der Waals surface area contributed by atoms with Crippen LogP contribution in [0.3, 0.4) is 0 Å². The normalized spacial score (nSPS) is 10.8. The van der Waals surface area contributed by atoms with Crippen LogP contribution < -0.4 is 5.32 Å². The molecule has 0 aliphatic rings. The van der Waals surface area contributed by atoms with Crippen molar-refractivity contribution in [3.8, 4) is 0 Å². The third kappa shape index (κ3) is 2.16. The van der Waals surface area contributed by atoms with Crippen molar-refractivity contribution in [2.24, 2.45) is 0 Å². The molecule has 15 heavy (non-hydrogen) atoms. The summed E-state index contributed by atoms with van der Waals surface area (Å²) in [6.07, 6.45) is 1.04. The second kappa shape index (κ2) is 4.41. The van der Waals surface area contributed by atoms with E-state index in [9.17, 15) is 0 Å². The van der Waals surface area contributed by atoms with Crippen LogP contribution in [0, 0.1) is 6.92 Å². The predicted molar refractivity (Wildman–Crippen MR) is 64.1 cm³/mol. The quantitative estimate of drug-likeness (QED) is 0.822. The summed E-state index contributed by atoms with van der Waals surface area (Å²) in [5.41, 5.74) is 3.57. The smallest absolute Gasteiger partial charge is 0.0705 e. The lowest BCUT2D eigenvalue weighted by Crippen LogP contribution is -2.11. The first-order valence-electron chi connectivity index (χ1n) is 5.31. The number of aromatic nitrogens is 1. The van der Waals surface area contributed by atoms with Crippen LogP contribution in [-0.2, 0) is 6.42 Å². The highest BCUT2D eigenvalue weighted by Gasteiger charge is 2.01. The van der Waals surface area contributed by atoms with Gasteiger partial charge in [0.1, 0.15) is 0 Å². The van der Waals surface area contributed by atoms with Gasteiger partial charge in [0.2, 0.25) is 0 Å². The summed E-state index contributed by atoms with van der Waals surface area (Å²) in [7, 11) is 1.98. The van der Waals surface area contributed by atoms with Crippen LogP contribution in [0.1, 0.15) is 11.3 Å². The number of benzene rings is 1. The fourth-order valence-electron chi connectivity index (χ4n) is 1.77. The lowest BCUT2D eigenvalue weighted by molar-refractivity contribution is 0.786. The van der Waals surface area contributed by atoms with E-state index >= 15 is 0 Å². The molecule has 0 saturated heterocycles. The van der Waals surface area contributed by atoms with Crippen molar-refractivity contribution in [3.63, 3.8) is 0 Å². The Bertz CT molecular complexity index is 463. The van der Waals surface area contributed by atoms with Gasteiger partial charge < -0.3 is 5.32 Å². The Morgan fingerprint density at radius 3 is 2.87 bits per heavy atom. The van der Waals surface area contributed by atoms with Crippen molar-refractivity contribution in [1.82, 2.24) is 10.3 Å². The maximum absolute atomic E-state index is 4.60. The van der Waals surface area contributed by atoms with Crippen molar-refractivity contribution in [1.29, 1.82) is 0 Å². The highest BCUT2D eigenvalue weighted by molar-refractivity contribution is 5.79. The number of pyridine rings is 1. The van der Waals surface area contributed by atoms with Crippen LogP contribution in [0.25, 0.3) is 10.9 Å². The van der Waals surface area contributed by atoms with Crippen LogP contribution >= 0.6 is 0 Å². The molecule has 0 aliphatic carbocycles. The molecule has 0 saturated carbocycles. The highest BCUT2D eigenvalue weighted by Crippen LogP contribution is 2.16. The van der Waals surface area contributed by atoms with Gasteiger partial charge in [-0.1, -0.05) is 18.2 Å². The van der Waals surface area contributed by atoms with Gasteiger partial charge in [0.25, 0.3) is 0 Å². The average molecular weight is 200 g/mol. The molecule has 0 amide bonds. The Hall–Kier alpha value is -1.41. The number of nitrogens with one attached hydrogen (secondary N) is 1. The Morgan fingerprint density at radius 1 is 1.27 bits per heavy atom. The second-order valence-corrected chi connectivity index (χ2v) is 3.78. The van der Waals surface area contributed by atoms with Crippen LogP contribution in [0.15, 0.2) is 30.3 Å². The van der Waals surface area contributed by atoms with E-state index in [1.54, 1.807) is 0 Å². The summed E-state index contributed by atoms with van der Waals surface area (Å²) in [5, 5.41) is 4.39. The molecule has 1 heterocycles. The number of fused-ring (bicyclic) bond motifs is 1. The standard InChI is InChI=1S/C13H16N2/c1-10-11(7-8-14-2)9-12-5-3-4-6-13(12)15-10/h3-6,9,14H,7-8H2,1-2H3. The monoisotopic (exact) mass is 200 g/mol. The SMILES string of the molecule is CNCCc1cc2ccccc2nc1C. The van der Waals surface area contributed by atoms with Crippen molar-refractivity contribution in [3.05, 3.63) is 41.6 Å². The van der Waals surface area contributed by atoms with Gasteiger partial charge in [-0.3, -0.25) is 4.98 Å². The highest BCUT2D eigenvalue weighted by atomic mass is 14.8. The molecule has 2 rings (SSSR count). The molecule has 2 aromatic rings. The fraction of sp³-hybridized carbons (Fsp3) is 0.308. The molecule has 0 unspecified atom stereocenters. The molecule has 2 heteroatoms. The summed E-state index contributed by atoms with van der Waals surface area (Å²) < 4.78 is 0. The molecule has 78 valence electrons. The maximum atomic E-state index is 4.60. The van der Waals surface area contributed by atoms with Crippen molar-refractivity contribution in [2.75, 3.05) is 13.6 Å². The van der Waals surface area contributed by atoms with E-state index < -0.39 is 0 Å². The molecule has 0 spiro atoms. The summed E-state index contributed by atoms with van der Waals surface area (Å²) in [5.74, 6) is 0. The van der Waals surface area contributed by atoms with E-state index in [1.807, 2.05) is 13.1 Å². The molecule has 1 aromatic carbocycles. The Balaban J connectivity index is 2.43. The first-order chi connectivity index (χ1) is 7.31. The topological polar surface area (TPSA) is 24.9 Å². The number of nitrogens with zero attached hydrogens (tertiary/aromatic N) is 1. The minimum Gasteiger partial charge on any atom is -0.319 e. The second-order valence-electron chi connectivity index (χ2n) is 3.78. The summed E-state index contributed by atoms with van der Waals surface area (Å²) in [6.45, 7) is 3.08. The summed E-state index contributed by atoms with van der Waals surface area (Å²) in [6, 6.07) is 10.5. The molecule has 1 N–H and O–H groups in total. The third-order valence-electron chi connectivity index (χ3n) is 2.66. The average Bonchev–Trinajstić information content (AvgIpc) is 2.26. The Labute approximate surface area is 90.3 Å². The number of likely N-dealkylation sites (N-methyl/N-ethyl adjacent to an activating group) is 1. The third-order valence-corrected chi connectivity index (χ3v) is 2.66. The Kier molecular flexibility index (Phi) is 2.97. The van der Waals surface area contributed by atoms with E-state index in [2.05, 4.69) is 41.5 Å². The van der Waals surface area contributed by atoms with E-state index in [-0.39, 0.29) is 0 Å². The van der Waals surface area contributed by atoms with Gasteiger partial charge in [0.05, 0.1) is 5.52 Å². The largest absolute Gasteiger partial charge is 0.319 e. The van der Waals surface area contributed by atoms with E-state index in [4.69, 9.17) is 0 Å². The summed E-state index contributed by atoms with van der Waals surface area (Å²) in [4.78, 5) is 4.60. The fourth-order valence-corrected chi connectivity index (χ4v) is 1.77. The number of para-hydroxylation sites is 1. The molecule has 1 aromatic heterocycles. The summed E-state index contributed by atoms with van der Waals surface area (Å²) >= 11 is 0. The molecule has 0 fully saturated rings. The van der Waals surface area contributed by atoms with Crippen molar-refractivity contribution in [2.45, 2.75) is 13.3 Å². The van der Waals surface area contributed by atoms with Gasteiger partial charge in [0, 0.05) is 11.1 Å². The number of hydrogen-bond acceptors (Lipinski definition) is 2. The lowest BCUT2D eigenvalue weighted by atomic mass is 10.1. The van der Waals surface area contributed by atoms with Gasteiger partial charge in [-0.25, -0.2) is 0 Å². The Morgan fingerprint density at radius 2 is 2.07 bits per heavy atom. The molecule has 0 radical (unpaired) electrons. The predicted octanol–water partition coefficient (Wildman–Crippen LogP) is 2.31. The van der Waals surface area contributed by atoms with Gasteiger partial charge in [0.15, 0.2) is 0 Å². The van der Waals surface area contributed by atoms with Gasteiger partial charge >= 0.3 is 0 Å². The van der Waals surface area contributed by atoms with Crippen LogP contribution in [0.5, 0.6) is 0 Å². The molecule has 0 atom stereocenters. The van der Waals surface area contributed by atoms with Crippen molar-refractivity contribution < 1.29 is 0 Å². The number of rotatable bonds is 3. The van der Waals surface area contributed by atoms with Crippen molar-refractivity contribution >= 4 is 10.9 Å². The van der Waals surface area contributed by atoms with Gasteiger partial charge in [-0.2, -0.15) is 0 Å². The molecule has 2 nitrogen and oxygen atoms in total. The molecular weight excluding hydrogens is 184 g/mol. The zero-order valence-electron chi connectivity index (χ0n) is 9.25. The van der Waals surface area contributed by atoms with Crippen LogP contribution in [0.4, 0.5) is 0 Å². The lowest BCUT2D eigenvalue weighted by Gasteiger charge is -2.06. The zero-order chi connectivity index (χ0) is 10.7. The van der Waals surface area contributed by atoms with Crippen LogP contribution in [-0.4, -0.2) is 18.6 Å². The minimum atomic E-state index is 1.00. The van der Waals surface area contributed by atoms with E-state index in [0.717, 1.165) is 24.2 Å². The van der Waals surface area contributed by atoms with E-state index in [0.29, 0.717) is 0 Å². The van der Waals surface area contributed by atoms with Gasteiger partial charge in [-0.05, 0) is 44.6 Å². The van der Waals surface area contributed by atoms with Gasteiger partial charge in [-0.15, -0.1) is 0 Å². The number of hydrogen-bond donors (Lipinski definition) is 1. The maximum Gasteiger partial charge on any atom is 0.0705 e. The molecule has 0 bridgehead atoms. The first-order valence-corrected chi connectivity index (χ1v) is 5.31. The first kappa shape index (κ1) is 10.1. The minimum absolute atomic E-state index is 1.00. The van der Waals surface area contributed by atoms with E-state index in [1.165, 1.54) is 10.9 Å². The zero-order valence-corrected chi connectivity index (χ0v) is 9.25. The van der Waals surface area contributed by atoms with Crippen LogP contribution in [0.2, 0.25) is 0 Å². The molecular formula is C13H16N2. The number of aryl methyl sites for hydroxylation is 1.